The summed E-state index contributed by atoms with van der Waals surface area (Å²) in [5.74, 6) is 0.466. The van der Waals surface area contributed by atoms with Crippen molar-refractivity contribution in [2.24, 2.45) is 4.99 Å². The van der Waals surface area contributed by atoms with Gasteiger partial charge in [0.05, 0.1) is 19.3 Å². The van der Waals surface area contributed by atoms with Gasteiger partial charge >= 0.3 is 0 Å². The summed E-state index contributed by atoms with van der Waals surface area (Å²) in [7, 11) is 5.18. The van der Waals surface area contributed by atoms with Gasteiger partial charge in [-0.3, -0.25) is 14.7 Å². The molecular formula is C19H31FIN5O2. The minimum Gasteiger partial charge on any atom is -0.379 e. The third-order valence-electron chi connectivity index (χ3n) is 4.56. The molecule has 1 aromatic rings. The Morgan fingerprint density at radius 1 is 1.25 bits per heavy atom. The fourth-order valence-electron chi connectivity index (χ4n) is 2.96. The first-order chi connectivity index (χ1) is 13.0. The molecule has 1 aliphatic rings. The SMILES string of the molecule is CN=C(NCCC(=O)N(C)C)NCC(c1ccc(F)cc1)N1CCOCC1.I. The summed E-state index contributed by atoms with van der Waals surface area (Å²) >= 11 is 0. The van der Waals surface area contributed by atoms with Crippen LogP contribution >= 0.6 is 24.0 Å². The number of guanidine groups is 1. The molecule has 0 aromatic heterocycles. The van der Waals surface area contributed by atoms with E-state index < -0.39 is 0 Å². The van der Waals surface area contributed by atoms with Crippen LogP contribution in [0.3, 0.4) is 0 Å². The summed E-state index contributed by atoms with van der Waals surface area (Å²) in [6, 6.07) is 6.70. The number of carbonyl (C=O) groups is 1. The highest BCUT2D eigenvalue weighted by atomic mass is 127. The zero-order valence-electron chi connectivity index (χ0n) is 16.8. The van der Waals surface area contributed by atoms with E-state index in [-0.39, 0.29) is 41.7 Å². The Balaban J connectivity index is 0.00000392. The topological polar surface area (TPSA) is 69.2 Å². The monoisotopic (exact) mass is 507 g/mol. The lowest BCUT2D eigenvalue weighted by Gasteiger charge is -2.35. The van der Waals surface area contributed by atoms with Crippen molar-refractivity contribution in [3.05, 3.63) is 35.6 Å². The first kappa shape index (κ1) is 24.6. The molecule has 9 heteroatoms. The Hall–Kier alpha value is -1.46. The molecule has 1 atom stereocenters. The number of nitrogens with zero attached hydrogens (tertiary/aromatic N) is 3. The van der Waals surface area contributed by atoms with Gasteiger partial charge in [0.25, 0.3) is 0 Å². The molecule has 0 radical (unpaired) electrons. The van der Waals surface area contributed by atoms with Crippen LogP contribution in [0.2, 0.25) is 0 Å². The number of carbonyl (C=O) groups excluding carboxylic acids is 1. The average Bonchev–Trinajstić information content (AvgIpc) is 2.68. The molecule has 28 heavy (non-hydrogen) atoms. The summed E-state index contributed by atoms with van der Waals surface area (Å²) in [6.45, 7) is 4.16. The number of amides is 1. The van der Waals surface area contributed by atoms with Crippen LogP contribution in [0, 0.1) is 5.82 Å². The maximum absolute atomic E-state index is 13.3. The molecule has 1 unspecified atom stereocenters. The van der Waals surface area contributed by atoms with E-state index in [0.717, 1.165) is 18.7 Å². The second-order valence-corrected chi connectivity index (χ2v) is 6.63. The van der Waals surface area contributed by atoms with Crippen LogP contribution in [0.4, 0.5) is 4.39 Å². The van der Waals surface area contributed by atoms with Crippen LogP contribution in [0.25, 0.3) is 0 Å². The van der Waals surface area contributed by atoms with Gasteiger partial charge in [-0.25, -0.2) is 4.39 Å². The Kier molecular flexibility index (Phi) is 11.3. The standard InChI is InChI=1S/C19H30FN5O2.HI/c1-21-19(22-9-8-18(26)24(2)3)23-14-17(25-10-12-27-13-11-25)15-4-6-16(20)7-5-15;/h4-7,17H,8-14H2,1-3H3,(H2,21,22,23);1H. The molecule has 2 rings (SSSR count). The summed E-state index contributed by atoms with van der Waals surface area (Å²) in [6.07, 6.45) is 0.401. The van der Waals surface area contributed by atoms with Gasteiger partial charge in [0, 0.05) is 53.7 Å². The van der Waals surface area contributed by atoms with Crippen molar-refractivity contribution in [1.82, 2.24) is 20.4 Å². The highest BCUT2D eigenvalue weighted by molar-refractivity contribution is 14.0. The molecule has 1 amide bonds. The molecule has 1 aromatic carbocycles. The van der Waals surface area contributed by atoms with Crippen LogP contribution in [-0.2, 0) is 9.53 Å². The zero-order valence-corrected chi connectivity index (χ0v) is 19.1. The van der Waals surface area contributed by atoms with Crippen molar-refractivity contribution >= 4 is 35.8 Å². The molecule has 7 nitrogen and oxygen atoms in total. The Labute approximate surface area is 183 Å². The molecule has 0 bridgehead atoms. The van der Waals surface area contributed by atoms with Gasteiger partial charge < -0.3 is 20.3 Å². The van der Waals surface area contributed by atoms with Gasteiger partial charge in [-0.1, -0.05) is 12.1 Å². The summed E-state index contributed by atoms with van der Waals surface area (Å²) < 4.78 is 18.8. The second-order valence-electron chi connectivity index (χ2n) is 6.63. The lowest BCUT2D eigenvalue weighted by molar-refractivity contribution is -0.128. The fraction of sp³-hybridized carbons (Fsp3) is 0.579. The van der Waals surface area contributed by atoms with E-state index in [0.29, 0.717) is 38.7 Å². The van der Waals surface area contributed by atoms with Gasteiger partial charge in [0.2, 0.25) is 5.91 Å². The van der Waals surface area contributed by atoms with Gasteiger partial charge in [-0.15, -0.1) is 24.0 Å². The maximum atomic E-state index is 13.3. The molecule has 1 aliphatic heterocycles. The quantitative estimate of drug-likeness (QED) is 0.333. The predicted molar refractivity (Wildman–Crippen MR) is 120 cm³/mol. The normalized spacial score (nSPS) is 16.1. The number of halogens is 2. The van der Waals surface area contributed by atoms with Crippen LogP contribution in [0.1, 0.15) is 18.0 Å². The molecular weight excluding hydrogens is 476 g/mol. The highest BCUT2D eigenvalue weighted by Gasteiger charge is 2.23. The van der Waals surface area contributed by atoms with Crippen LogP contribution < -0.4 is 10.6 Å². The molecule has 158 valence electrons. The Bertz CT molecular complexity index is 621. The second kappa shape index (κ2) is 12.9. The number of aliphatic imine (C=N–C) groups is 1. The summed E-state index contributed by atoms with van der Waals surface area (Å²) in [5.41, 5.74) is 1.05. The third kappa shape index (κ3) is 7.88. The Morgan fingerprint density at radius 3 is 2.46 bits per heavy atom. The van der Waals surface area contributed by atoms with Crippen LogP contribution in [0.5, 0.6) is 0 Å². The average molecular weight is 507 g/mol. The van der Waals surface area contributed by atoms with Gasteiger partial charge in [0.15, 0.2) is 5.96 Å². The summed E-state index contributed by atoms with van der Waals surface area (Å²) in [5, 5.41) is 6.48. The minimum atomic E-state index is -0.240. The number of ether oxygens (including phenoxy) is 1. The van der Waals surface area contributed by atoms with Crippen LogP contribution in [0.15, 0.2) is 29.3 Å². The molecule has 0 aliphatic carbocycles. The number of morpholine rings is 1. The van der Waals surface area contributed by atoms with E-state index >= 15 is 0 Å². The molecule has 0 spiro atoms. The fourth-order valence-corrected chi connectivity index (χ4v) is 2.96. The van der Waals surface area contributed by atoms with Crippen molar-refractivity contribution in [3.8, 4) is 0 Å². The predicted octanol–water partition coefficient (Wildman–Crippen LogP) is 1.46. The number of benzene rings is 1. The van der Waals surface area contributed by atoms with Crippen molar-refractivity contribution in [2.75, 3.05) is 60.5 Å². The molecule has 2 N–H and O–H groups in total. The van der Waals surface area contributed by atoms with E-state index in [2.05, 4.69) is 20.5 Å². The van der Waals surface area contributed by atoms with Gasteiger partial charge in [-0.2, -0.15) is 0 Å². The van der Waals surface area contributed by atoms with Crippen molar-refractivity contribution < 1.29 is 13.9 Å². The molecule has 0 saturated carbocycles. The first-order valence-corrected chi connectivity index (χ1v) is 9.23. The number of hydrogen-bond donors (Lipinski definition) is 2. The van der Waals surface area contributed by atoms with Gasteiger partial charge in [0.1, 0.15) is 5.82 Å². The van der Waals surface area contributed by atoms with E-state index in [4.69, 9.17) is 4.74 Å². The maximum Gasteiger partial charge on any atom is 0.223 e. The molecule has 1 fully saturated rings. The van der Waals surface area contributed by atoms with E-state index in [9.17, 15) is 9.18 Å². The lowest BCUT2D eigenvalue weighted by Crippen LogP contribution is -2.46. The minimum absolute atomic E-state index is 0. The first-order valence-electron chi connectivity index (χ1n) is 9.23. The van der Waals surface area contributed by atoms with E-state index in [1.807, 2.05) is 12.1 Å². The Morgan fingerprint density at radius 2 is 1.89 bits per heavy atom. The van der Waals surface area contributed by atoms with E-state index in [1.165, 1.54) is 12.1 Å². The smallest absolute Gasteiger partial charge is 0.223 e. The van der Waals surface area contributed by atoms with Gasteiger partial charge in [-0.05, 0) is 17.7 Å². The third-order valence-corrected chi connectivity index (χ3v) is 4.56. The molecule has 1 saturated heterocycles. The highest BCUT2D eigenvalue weighted by Crippen LogP contribution is 2.21. The molecule has 1 heterocycles. The van der Waals surface area contributed by atoms with Crippen molar-refractivity contribution in [1.29, 1.82) is 0 Å². The van der Waals surface area contributed by atoms with Crippen molar-refractivity contribution in [2.45, 2.75) is 12.5 Å². The lowest BCUT2D eigenvalue weighted by atomic mass is 10.0. The summed E-state index contributed by atoms with van der Waals surface area (Å²) in [4.78, 5) is 19.8. The van der Waals surface area contributed by atoms with Crippen molar-refractivity contribution in [3.63, 3.8) is 0 Å². The largest absolute Gasteiger partial charge is 0.379 e. The number of rotatable bonds is 7. The number of nitrogens with one attached hydrogen (secondary N) is 2. The zero-order chi connectivity index (χ0) is 19.6. The number of hydrogen-bond acceptors (Lipinski definition) is 4. The van der Waals surface area contributed by atoms with E-state index in [1.54, 1.807) is 26.0 Å². The van der Waals surface area contributed by atoms with Crippen LogP contribution in [-0.4, -0.2) is 82.2 Å².